The first-order chi connectivity index (χ1) is 14.1. The minimum Gasteiger partial charge on any atom is -0.337 e. The highest BCUT2D eigenvalue weighted by atomic mass is 35.5. The molecule has 3 aromatic heterocycles. The minimum absolute atomic E-state index is 0. The first-order valence-electron chi connectivity index (χ1n) is 9.15. The fraction of sp³-hybridized carbons (Fsp3) is 0.190. The van der Waals surface area contributed by atoms with Crippen molar-refractivity contribution in [1.82, 2.24) is 14.5 Å². The van der Waals surface area contributed by atoms with Crippen LogP contribution < -0.4 is 4.90 Å². The Balaban J connectivity index is 0.00000256. The Morgan fingerprint density at radius 1 is 1.37 bits per heavy atom. The number of amides is 1. The van der Waals surface area contributed by atoms with Crippen LogP contribution in [0.25, 0.3) is 16.3 Å². The van der Waals surface area contributed by atoms with Crippen molar-refractivity contribution in [2.45, 2.75) is 19.9 Å². The molecule has 0 saturated heterocycles. The summed E-state index contributed by atoms with van der Waals surface area (Å²) in [6.07, 6.45) is 9.73. The third-order valence-corrected chi connectivity index (χ3v) is 6.51. The molecule has 0 saturated carbocycles. The third-order valence-electron chi connectivity index (χ3n) is 4.43. The van der Waals surface area contributed by atoms with Crippen LogP contribution in [0.1, 0.15) is 16.9 Å². The summed E-state index contributed by atoms with van der Waals surface area (Å²) in [5, 5.41) is 3.37. The predicted octanol–water partition coefficient (Wildman–Crippen LogP) is 6.07. The average molecular weight is 479 g/mol. The van der Waals surface area contributed by atoms with Gasteiger partial charge < -0.3 is 4.57 Å². The molecule has 5 nitrogen and oxygen atoms in total. The number of hydrogen-bond acceptors (Lipinski definition) is 5. The van der Waals surface area contributed by atoms with Gasteiger partial charge in [-0.2, -0.15) is 0 Å². The number of anilines is 1. The number of rotatable bonds is 7. The number of aryl methyl sites for hydroxylation is 2. The van der Waals surface area contributed by atoms with Crippen LogP contribution in [-0.2, 0) is 11.3 Å². The number of fused-ring (bicyclic) bond motifs is 1. The van der Waals surface area contributed by atoms with E-state index in [1.165, 1.54) is 11.3 Å². The van der Waals surface area contributed by atoms with E-state index in [0.717, 1.165) is 33.6 Å². The predicted molar refractivity (Wildman–Crippen MR) is 129 cm³/mol. The van der Waals surface area contributed by atoms with E-state index >= 15 is 0 Å². The minimum atomic E-state index is -0.0770. The molecule has 1 aromatic carbocycles. The van der Waals surface area contributed by atoms with Crippen LogP contribution in [0.5, 0.6) is 0 Å². The zero-order chi connectivity index (χ0) is 20.2. The van der Waals surface area contributed by atoms with Gasteiger partial charge in [-0.25, -0.2) is 9.97 Å². The molecule has 4 rings (SSSR count). The summed E-state index contributed by atoms with van der Waals surface area (Å²) in [5.41, 5.74) is 1.90. The van der Waals surface area contributed by atoms with Crippen molar-refractivity contribution in [3.63, 3.8) is 0 Å². The van der Waals surface area contributed by atoms with Crippen molar-refractivity contribution in [1.29, 1.82) is 0 Å². The number of aromatic nitrogens is 3. The van der Waals surface area contributed by atoms with E-state index in [9.17, 15) is 4.79 Å². The van der Waals surface area contributed by atoms with Gasteiger partial charge in [-0.05, 0) is 48.6 Å². The molecule has 0 aliphatic heterocycles. The molecule has 0 spiro atoms. The molecule has 0 aliphatic rings. The van der Waals surface area contributed by atoms with Gasteiger partial charge in [0.05, 0.1) is 16.5 Å². The van der Waals surface area contributed by atoms with Gasteiger partial charge in [0.2, 0.25) is 0 Å². The van der Waals surface area contributed by atoms with Gasteiger partial charge in [-0.1, -0.05) is 29.0 Å². The lowest BCUT2D eigenvalue weighted by molar-refractivity contribution is -0.114. The summed E-state index contributed by atoms with van der Waals surface area (Å²) < 4.78 is 2.99. The second-order valence-electron chi connectivity index (χ2n) is 6.56. The van der Waals surface area contributed by atoms with Crippen molar-refractivity contribution in [2.24, 2.45) is 0 Å². The molecule has 0 radical (unpaired) electrons. The van der Waals surface area contributed by atoms with E-state index in [4.69, 9.17) is 16.6 Å². The first-order valence-corrected chi connectivity index (χ1v) is 11.2. The number of thiazole rings is 1. The highest BCUT2D eigenvalue weighted by molar-refractivity contribution is 7.22. The lowest BCUT2D eigenvalue weighted by atomic mass is 10.2. The molecular weight excluding hydrogens is 459 g/mol. The number of carbonyl (C=O) groups is 1. The Morgan fingerprint density at radius 2 is 2.23 bits per heavy atom. The second-order valence-corrected chi connectivity index (χ2v) is 8.98. The van der Waals surface area contributed by atoms with Gasteiger partial charge >= 0.3 is 0 Å². The molecule has 0 fully saturated rings. The fourth-order valence-electron chi connectivity index (χ4n) is 3.02. The molecule has 3 heterocycles. The molecule has 30 heavy (non-hydrogen) atoms. The van der Waals surface area contributed by atoms with Crippen molar-refractivity contribution in [3.05, 3.63) is 69.9 Å². The molecular formula is C21H20Cl2N4OS2. The van der Waals surface area contributed by atoms with Crippen LogP contribution in [0.4, 0.5) is 5.13 Å². The van der Waals surface area contributed by atoms with E-state index in [1.807, 2.05) is 53.4 Å². The quantitative estimate of drug-likeness (QED) is 0.302. The normalized spacial score (nSPS) is 11.1. The summed E-state index contributed by atoms with van der Waals surface area (Å²) in [6.45, 7) is 3.34. The lowest BCUT2D eigenvalue weighted by Gasteiger charge is -2.18. The van der Waals surface area contributed by atoms with E-state index in [2.05, 4.69) is 4.98 Å². The summed E-state index contributed by atoms with van der Waals surface area (Å²) in [7, 11) is 0. The Kier molecular flexibility index (Phi) is 7.66. The van der Waals surface area contributed by atoms with Crippen LogP contribution in [0.3, 0.4) is 0 Å². The number of thiophene rings is 1. The Hall–Kier alpha value is -2.19. The van der Waals surface area contributed by atoms with Crippen LogP contribution in [0.15, 0.2) is 54.4 Å². The van der Waals surface area contributed by atoms with Gasteiger partial charge in [0.1, 0.15) is 0 Å². The summed E-state index contributed by atoms with van der Waals surface area (Å²) in [6, 6.07) is 7.76. The Bertz CT molecular complexity index is 1140. The smallest absolute Gasteiger partial charge is 0.252 e. The lowest BCUT2D eigenvalue weighted by Crippen LogP contribution is -2.30. The van der Waals surface area contributed by atoms with Crippen LogP contribution >= 0.6 is 46.7 Å². The Labute approximate surface area is 194 Å². The van der Waals surface area contributed by atoms with Gasteiger partial charge in [0.25, 0.3) is 5.91 Å². The maximum Gasteiger partial charge on any atom is 0.252 e. The standard InChI is InChI=1S/C21H19ClN4OS2.ClH/c1-15-12-16(22)13-18-20(15)24-21(29-18)26(9-3-8-25-10-7-23-14-25)19(27)6-5-17-4-2-11-28-17;/h2,4-7,10-14H,3,8-9H2,1H3;1H. The van der Waals surface area contributed by atoms with Crippen LogP contribution in [-0.4, -0.2) is 27.0 Å². The molecule has 0 unspecified atom stereocenters. The van der Waals surface area contributed by atoms with E-state index in [-0.39, 0.29) is 18.3 Å². The Morgan fingerprint density at radius 3 is 2.97 bits per heavy atom. The maximum absolute atomic E-state index is 13.0. The van der Waals surface area contributed by atoms with Crippen molar-refractivity contribution in [3.8, 4) is 0 Å². The first kappa shape index (κ1) is 22.5. The molecule has 0 N–H and O–H groups in total. The van der Waals surface area contributed by atoms with Gasteiger partial charge in [0, 0.05) is 41.5 Å². The van der Waals surface area contributed by atoms with E-state index in [1.54, 1.807) is 34.8 Å². The average Bonchev–Trinajstić information content (AvgIpc) is 3.44. The zero-order valence-electron chi connectivity index (χ0n) is 16.2. The highest BCUT2D eigenvalue weighted by Crippen LogP contribution is 2.33. The van der Waals surface area contributed by atoms with Gasteiger partial charge in [-0.3, -0.25) is 9.69 Å². The highest BCUT2D eigenvalue weighted by Gasteiger charge is 2.18. The van der Waals surface area contributed by atoms with Crippen molar-refractivity contribution < 1.29 is 4.79 Å². The SMILES string of the molecule is Cc1cc(Cl)cc2sc(N(CCCn3ccnc3)C(=O)C=Cc3cccs3)nc12.Cl. The van der Waals surface area contributed by atoms with Crippen molar-refractivity contribution in [2.75, 3.05) is 11.4 Å². The van der Waals surface area contributed by atoms with E-state index < -0.39 is 0 Å². The molecule has 4 aromatic rings. The number of benzene rings is 1. The van der Waals surface area contributed by atoms with Crippen molar-refractivity contribution >= 4 is 74.0 Å². The molecule has 0 aliphatic carbocycles. The molecule has 9 heteroatoms. The second kappa shape index (κ2) is 10.2. The molecule has 1 amide bonds. The molecule has 0 atom stereocenters. The van der Waals surface area contributed by atoms with Gasteiger partial charge in [-0.15, -0.1) is 23.7 Å². The number of halogens is 2. The molecule has 156 valence electrons. The summed E-state index contributed by atoms with van der Waals surface area (Å²) >= 11 is 9.30. The largest absolute Gasteiger partial charge is 0.337 e. The van der Waals surface area contributed by atoms with Crippen LogP contribution in [0.2, 0.25) is 5.02 Å². The fourth-order valence-corrected chi connectivity index (χ4v) is 5.09. The maximum atomic E-state index is 13.0. The zero-order valence-corrected chi connectivity index (χ0v) is 19.4. The van der Waals surface area contributed by atoms with Crippen LogP contribution in [0, 0.1) is 6.92 Å². The molecule has 0 bridgehead atoms. The summed E-state index contributed by atoms with van der Waals surface area (Å²) in [5.74, 6) is -0.0770. The number of hydrogen-bond donors (Lipinski definition) is 0. The monoisotopic (exact) mass is 478 g/mol. The third kappa shape index (κ3) is 5.29. The number of nitrogens with zero attached hydrogens (tertiary/aromatic N) is 4. The van der Waals surface area contributed by atoms with Gasteiger partial charge in [0.15, 0.2) is 5.13 Å². The topological polar surface area (TPSA) is 51.0 Å². The summed E-state index contributed by atoms with van der Waals surface area (Å²) in [4.78, 5) is 24.6. The van der Waals surface area contributed by atoms with E-state index in [0.29, 0.717) is 16.7 Å². The number of imidazole rings is 1. The number of carbonyl (C=O) groups excluding carboxylic acids is 1.